The first-order valence-corrected chi connectivity index (χ1v) is 17.5. The molecule has 0 aliphatic heterocycles. The molecule has 0 bridgehead atoms. The molecule has 1 aromatic heterocycles. The predicted molar refractivity (Wildman–Crippen MR) is 212 cm³/mol. The van der Waals surface area contributed by atoms with Crippen molar-refractivity contribution in [3.63, 3.8) is 0 Å². The Morgan fingerprint density at radius 1 is 0.353 bits per heavy atom. The van der Waals surface area contributed by atoms with Gasteiger partial charge in [-0.05, 0) is 72.4 Å². The van der Waals surface area contributed by atoms with E-state index in [-0.39, 0.29) is 5.41 Å². The second kappa shape index (κ2) is 11.3. The second-order valence-electron chi connectivity index (χ2n) is 14.0. The van der Waals surface area contributed by atoms with Crippen LogP contribution >= 0.6 is 0 Å². The first kappa shape index (κ1) is 29.5. The molecule has 51 heavy (non-hydrogen) atoms. The molecule has 0 N–H and O–H groups in total. The lowest BCUT2D eigenvalue weighted by Gasteiger charge is -2.25. The summed E-state index contributed by atoms with van der Waals surface area (Å²) < 4.78 is 0. The van der Waals surface area contributed by atoms with Crippen LogP contribution in [0.2, 0.25) is 0 Å². The number of rotatable bonds is 4. The van der Waals surface area contributed by atoms with Crippen LogP contribution in [0, 0.1) is 0 Å². The van der Waals surface area contributed by atoms with Crippen molar-refractivity contribution in [3.8, 4) is 56.4 Å². The molecule has 0 unspecified atom stereocenters. The Labute approximate surface area is 297 Å². The van der Waals surface area contributed by atoms with Crippen LogP contribution in [0.4, 0.5) is 0 Å². The fourth-order valence-electron chi connectivity index (χ4n) is 8.38. The number of aromatic nitrogens is 3. The van der Waals surface area contributed by atoms with Gasteiger partial charge >= 0.3 is 0 Å². The van der Waals surface area contributed by atoms with Crippen molar-refractivity contribution in [1.82, 2.24) is 15.0 Å². The fraction of sp³-hybridized carbons (Fsp3) is 0.0625. The number of fused-ring (bicyclic) bond motifs is 9. The van der Waals surface area contributed by atoms with E-state index in [1.807, 2.05) is 36.4 Å². The number of hydrogen-bond acceptors (Lipinski definition) is 3. The largest absolute Gasteiger partial charge is 0.208 e. The first-order chi connectivity index (χ1) is 25.1. The van der Waals surface area contributed by atoms with Crippen LogP contribution in [0.25, 0.3) is 88.7 Å². The lowest BCUT2D eigenvalue weighted by Crippen LogP contribution is -2.16. The van der Waals surface area contributed by atoms with Crippen molar-refractivity contribution in [2.75, 3.05) is 0 Å². The zero-order valence-corrected chi connectivity index (χ0v) is 28.4. The Bertz CT molecular complexity index is 2760. The minimum Gasteiger partial charge on any atom is -0.208 e. The predicted octanol–water partition coefficient (Wildman–Crippen LogP) is 12.3. The molecule has 1 aliphatic carbocycles. The molecule has 8 aromatic carbocycles. The summed E-state index contributed by atoms with van der Waals surface area (Å²) in [6, 6.07) is 58.3. The van der Waals surface area contributed by atoms with Crippen LogP contribution in [0.5, 0.6) is 0 Å². The summed E-state index contributed by atoms with van der Waals surface area (Å²) in [7, 11) is 0. The van der Waals surface area contributed by atoms with Gasteiger partial charge in [0, 0.05) is 27.5 Å². The third-order valence-electron chi connectivity index (χ3n) is 10.7. The van der Waals surface area contributed by atoms with Gasteiger partial charge in [-0.3, -0.25) is 0 Å². The van der Waals surface area contributed by atoms with Crippen LogP contribution in [-0.4, -0.2) is 15.0 Å². The molecular weight excluding hydrogens is 619 g/mol. The number of nitrogens with zero attached hydrogens (tertiary/aromatic N) is 3. The van der Waals surface area contributed by atoms with Crippen LogP contribution in [0.3, 0.4) is 0 Å². The average Bonchev–Trinajstić information content (AvgIpc) is 3.44. The van der Waals surface area contributed by atoms with Crippen LogP contribution < -0.4 is 0 Å². The molecule has 0 atom stereocenters. The molecule has 1 heterocycles. The van der Waals surface area contributed by atoms with Gasteiger partial charge in [0.25, 0.3) is 0 Å². The van der Waals surface area contributed by atoms with Crippen molar-refractivity contribution >= 4 is 32.3 Å². The molecule has 3 heteroatoms. The molecular formula is C48H33N3. The SMILES string of the molecule is CC1(C)c2ccccc2-c2cccc(-c3cc(-c4nc(-c5ccccc5)nc(-c5ccccc5)n4)c4c5ccccc5c5ccccc5c4c3)c21. The summed E-state index contributed by atoms with van der Waals surface area (Å²) in [5, 5.41) is 7.18. The normalized spacial score (nSPS) is 13.1. The molecule has 10 rings (SSSR count). The Morgan fingerprint density at radius 2 is 0.843 bits per heavy atom. The third-order valence-corrected chi connectivity index (χ3v) is 10.7. The number of hydrogen-bond donors (Lipinski definition) is 0. The standard InChI is InChI=1S/C48H33N3/c1-48(2)42-27-14-13-23-37(42)39-26-15-25-33(44(39)48)32-28-40-36-22-10-9-20-34(36)35-21-11-12-24-38(35)43(40)41(29-32)47-50-45(30-16-5-3-6-17-30)49-46(51-47)31-18-7-4-8-19-31/h3-29H,1-2H3. The monoisotopic (exact) mass is 651 g/mol. The molecule has 0 fully saturated rings. The van der Waals surface area contributed by atoms with Crippen LogP contribution in [0.1, 0.15) is 25.0 Å². The van der Waals surface area contributed by atoms with Gasteiger partial charge in [0.2, 0.25) is 0 Å². The van der Waals surface area contributed by atoms with E-state index >= 15 is 0 Å². The molecule has 1 aliphatic rings. The van der Waals surface area contributed by atoms with E-state index in [0.717, 1.165) is 27.6 Å². The topological polar surface area (TPSA) is 38.7 Å². The van der Waals surface area contributed by atoms with Gasteiger partial charge in [0.05, 0.1) is 0 Å². The number of benzene rings is 8. The molecule has 0 radical (unpaired) electrons. The Balaban J connectivity index is 1.35. The van der Waals surface area contributed by atoms with E-state index in [1.165, 1.54) is 54.7 Å². The molecule has 9 aromatic rings. The highest BCUT2D eigenvalue weighted by molar-refractivity contribution is 6.29. The second-order valence-corrected chi connectivity index (χ2v) is 14.0. The lowest BCUT2D eigenvalue weighted by atomic mass is 9.78. The molecule has 240 valence electrons. The fourth-order valence-corrected chi connectivity index (χ4v) is 8.38. The van der Waals surface area contributed by atoms with Gasteiger partial charge in [-0.1, -0.05) is 166 Å². The average molecular weight is 652 g/mol. The third kappa shape index (κ3) is 4.55. The quantitative estimate of drug-likeness (QED) is 0.178. The summed E-state index contributed by atoms with van der Waals surface area (Å²) in [5.74, 6) is 1.96. The van der Waals surface area contributed by atoms with Crippen LogP contribution in [0.15, 0.2) is 164 Å². The van der Waals surface area contributed by atoms with E-state index in [0.29, 0.717) is 17.5 Å². The van der Waals surface area contributed by atoms with E-state index in [1.54, 1.807) is 0 Å². The highest BCUT2D eigenvalue weighted by Gasteiger charge is 2.37. The van der Waals surface area contributed by atoms with Gasteiger partial charge < -0.3 is 0 Å². The summed E-state index contributed by atoms with van der Waals surface area (Å²) >= 11 is 0. The van der Waals surface area contributed by atoms with E-state index in [2.05, 4.69) is 141 Å². The smallest absolute Gasteiger partial charge is 0.164 e. The van der Waals surface area contributed by atoms with Crippen molar-refractivity contribution < 1.29 is 0 Å². The van der Waals surface area contributed by atoms with E-state index in [4.69, 9.17) is 15.0 Å². The molecule has 3 nitrogen and oxygen atoms in total. The van der Waals surface area contributed by atoms with Gasteiger partial charge in [-0.15, -0.1) is 0 Å². The van der Waals surface area contributed by atoms with Gasteiger partial charge in [0.1, 0.15) is 0 Å². The minimum absolute atomic E-state index is 0.169. The maximum Gasteiger partial charge on any atom is 0.164 e. The zero-order valence-electron chi connectivity index (χ0n) is 28.4. The van der Waals surface area contributed by atoms with E-state index in [9.17, 15) is 0 Å². The summed E-state index contributed by atoms with van der Waals surface area (Å²) in [6.07, 6.45) is 0. The van der Waals surface area contributed by atoms with Gasteiger partial charge in [-0.2, -0.15) is 0 Å². The van der Waals surface area contributed by atoms with Crippen molar-refractivity contribution in [1.29, 1.82) is 0 Å². The van der Waals surface area contributed by atoms with Crippen molar-refractivity contribution in [2.45, 2.75) is 19.3 Å². The van der Waals surface area contributed by atoms with Crippen LogP contribution in [-0.2, 0) is 5.41 Å². The highest BCUT2D eigenvalue weighted by atomic mass is 15.0. The maximum absolute atomic E-state index is 5.28. The highest BCUT2D eigenvalue weighted by Crippen LogP contribution is 2.53. The molecule has 0 saturated heterocycles. The summed E-state index contributed by atoms with van der Waals surface area (Å²) in [4.78, 5) is 15.6. The van der Waals surface area contributed by atoms with Crippen molar-refractivity contribution in [3.05, 3.63) is 175 Å². The van der Waals surface area contributed by atoms with Gasteiger partial charge in [-0.25, -0.2) is 15.0 Å². The molecule has 0 amide bonds. The Hall–Kier alpha value is -6.45. The maximum atomic E-state index is 5.28. The lowest BCUT2D eigenvalue weighted by molar-refractivity contribution is 0.662. The molecule has 0 saturated carbocycles. The van der Waals surface area contributed by atoms with E-state index < -0.39 is 0 Å². The molecule has 0 spiro atoms. The van der Waals surface area contributed by atoms with Gasteiger partial charge in [0.15, 0.2) is 17.5 Å². The minimum atomic E-state index is -0.169. The summed E-state index contributed by atoms with van der Waals surface area (Å²) in [5.41, 5.74) is 10.4. The zero-order chi connectivity index (χ0) is 34.1. The summed E-state index contributed by atoms with van der Waals surface area (Å²) in [6.45, 7) is 4.71. The first-order valence-electron chi connectivity index (χ1n) is 17.5. The van der Waals surface area contributed by atoms with Crippen molar-refractivity contribution in [2.24, 2.45) is 0 Å². The Kier molecular flexibility index (Phi) is 6.53. The Morgan fingerprint density at radius 3 is 1.51 bits per heavy atom.